The number of methoxy groups -OCH3 is 1. The predicted octanol–water partition coefficient (Wildman–Crippen LogP) is 4.29. The van der Waals surface area contributed by atoms with E-state index < -0.39 is 0 Å². The van der Waals surface area contributed by atoms with Crippen molar-refractivity contribution < 1.29 is 4.74 Å². The first kappa shape index (κ1) is 14.1. The van der Waals surface area contributed by atoms with Gasteiger partial charge >= 0.3 is 0 Å². The molecule has 0 bridgehead atoms. The summed E-state index contributed by atoms with van der Waals surface area (Å²) in [6, 6.07) is 6.29. The maximum Gasteiger partial charge on any atom is 0.128 e. The first-order valence-electron chi connectivity index (χ1n) is 6.32. The molecule has 0 unspecified atom stereocenters. The molecule has 0 radical (unpaired) electrons. The Kier molecular flexibility index (Phi) is 3.99. The van der Waals surface area contributed by atoms with Crippen LogP contribution < -0.4 is 4.74 Å². The molecule has 0 aliphatic carbocycles. The smallest absolute Gasteiger partial charge is 0.128 e. The molecule has 102 valence electrons. The lowest BCUT2D eigenvalue weighted by molar-refractivity contribution is 0.416. The van der Waals surface area contributed by atoms with Gasteiger partial charge in [-0.25, -0.2) is 4.98 Å². The van der Waals surface area contributed by atoms with Crippen LogP contribution in [0.15, 0.2) is 22.8 Å². The quantitative estimate of drug-likeness (QED) is 0.842. The zero-order chi connectivity index (χ0) is 14.2. The van der Waals surface area contributed by atoms with E-state index in [2.05, 4.69) is 46.9 Å². The number of hydrogen-bond donors (Lipinski definition) is 0. The van der Waals surface area contributed by atoms with Crippen LogP contribution in [-0.4, -0.2) is 16.7 Å². The summed E-state index contributed by atoms with van der Waals surface area (Å²) >= 11 is 3.61. The van der Waals surface area contributed by atoms with E-state index in [1.165, 1.54) is 5.56 Å². The van der Waals surface area contributed by atoms with Crippen molar-refractivity contribution in [2.24, 2.45) is 7.05 Å². The molecule has 4 heteroatoms. The average Bonchev–Trinajstić information content (AvgIpc) is 2.65. The highest BCUT2D eigenvalue weighted by atomic mass is 79.9. The summed E-state index contributed by atoms with van der Waals surface area (Å²) in [5.41, 5.74) is 3.25. The number of nitrogens with zero attached hydrogens (tertiary/aromatic N) is 2. The van der Waals surface area contributed by atoms with Crippen molar-refractivity contribution in [1.29, 1.82) is 0 Å². The number of benzene rings is 1. The van der Waals surface area contributed by atoms with Crippen molar-refractivity contribution in [2.75, 3.05) is 7.11 Å². The number of ether oxygens (including phenoxy) is 1. The molecule has 19 heavy (non-hydrogen) atoms. The molecule has 0 aliphatic heterocycles. The van der Waals surface area contributed by atoms with Crippen LogP contribution in [-0.2, 0) is 7.05 Å². The normalized spacial score (nSPS) is 11.1. The minimum Gasteiger partial charge on any atom is -0.496 e. The summed E-state index contributed by atoms with van der Waals surface area (Å²) in [4.78, 5) is 4.63. The average molecular weight is 323 g/mol. The summed E-state index contributed by atoms with van der Waals surface area (Å²) in [6.07, 6.45) is 0. The Morgan fingerprint density at radius 2 is 2.00 bits per heavy atom. The molecule has 0 saturated carbocycles. The standard InChI is InChI=1S/C15H19BrN2O/c1-9(2)11-6-7-13(19-5)12(8-11)14-15(16)18(4)10(3)17-14/h6-9H,1-5H3. The van der Waals surface area contributed by atoms with Gasteiger partial charge in [-0.1, -0.05) is 19.9 Å². The maximum absolute atomic E-state index is 5.47. The molecule has 2 rings (SSSR count). The monoisotopic (exact) mass is 322 g/mol. The van der Waals surface area contributed by atoms with E-state index in [1.807, 2.05) is 24.6 Å². The molecule has 0 amide bonds. The minimum atomic E-state index is 0.480. The highest BCUT2D eigenvalue weighted by molar-refractivity contribution is 9.10. The van der Waals surface area contributed by atoms with Crippen molar-refractivity contribution in [3.05, 3.63) is 34.2 Å². The second-order valence-corrected chi connectivity index (χ2v) is 5.72. The number of halogens is 1. The molecule has 0 fully saturated rings. The van der Waals surface area contributed by atoms with Gasteiger partial charge in [-0.05, 0) is 46.5 Å². The topological polar surface area (TPSA) is 27.1 Å². The van der Waals surface area contributed by atoms with Gasteiger partial charge in [0.25, 0.3) is 0 Å². The van der Waals surface area contributed by atoms with Crippen LogP contribution >= 0.6 is 15.9 Å². The van der Waals surface area contributed by atoms with Gasteiger partial charge in [0.15, 0.2) is 0 Å². The van der Waals surface area contributed by atoms with Gasteiger partial charge < -0.3 is 9.30 Å². The summed E-state index contributed by atoms with van der Waals surface area (Å²) in [5.74, 6) is 2.30. The van der Waals surface area contributed by atoms with Gasteiger partial charge in [0, 0.05) is 12.6 Å². The van der Waals surface area contributed by atoms with Gasteiger partial charge in [0.2, 0.25) is 0 Å². The van der Waals surface area contributed by atoms with Crippen molar-refractivity contribution in [3.63, 3.8) is 0 Å². The molecule has 2 aromatic rings. The van der Waals surface area contributed by atoms with Crippen LogP contribution in [0.1, 0.15) is 31.2 Å². The minimum absolute atomic E-state index is 0.480. The van der Waals surface area contributed by atoms with Crippen LogP contribution in [0, 0.1) is 6.92 Å². The first-order chi connectivity index (χ1) is 8.95. The molecule has 3 nitrogen and oxygen atoms in total. The molecule has 1 aromatic carbocycles. The molecular formula is C15H19BrN2O. The Morgan fingerprint density at radius 1 is 1.32 bits per heavy atom. The third-order valence-corrected chi connectivity index (χ3v) is 4.30. The highest BCUT2D eigenvalue weighted by Gasteiger charge is 2.16. The lowest BCUT2D eigenvalue weighted by Gasteiger charge is -2.12. The van der Waals surface area contributed by atoms with Crippen LogP contribution in [0.2, 0.25) is 0 Å². The lowest BCUT2D eigenvalue weighted by atomic mass is 9.99. The third kappa shape index (κ3) is 2.54. The van der Waals surface area contributed by atoms with Crippen molar-refractivity contribution in [3.8, 4) is 17.0 Å². The second-order valence-electron chi connectivity index (χ2n) is 4.97. The Balaban J connectivity index is 2.65. The molecule has 0 N–H and O–H groups in total. The van der Waals surface area contributed by atoms with Crippen LogP contribution in [0.25, 0.3) is 11.3 Å². The molecule has 0 aliphatic rings. The Labute approximate surface area is 122 Å². The second kappa shape index (κ2) is 5.37. The van der Waals surface area contributed by atoms with Crippen LogP contribution in [0.4, 0.5) is 0 Å². The van der Waals surface area contributed by atoms with Crippen LogP contribution in [0.3, 0.4) is 0 Å². The van der Waals surface area contributed by atoms with E-state index in [0.29, 0.717) is 5.92 Å². The van der Waals surface area contributed by atoms with Gasteiger partial charge in [0.1, 0.15) is 21.9 Å². The highest BCUT2D eigenvalue weighted by Crippen LogP contribution is 2.36. The fraction of sp³-hybridized carbons (Fsp3) is 0.400. The summed E-state index contributed by atoms with van der Waals surface area (Å²) in [6.45, 7) is 6.36. The number of imidazole rings is 1. The van der Waals surface area contributed by atoms with Gasteiger partial charge in [0.05, 0.1) is 7.11 Å². The number of rotatable bonds is 3. The third-order valence-electron chi connectivity index (χ3n) is 3.39. The lowest BCUT2D eigenvalue weighted by Crippen LogP contribution is -1.94. The molecule has 1 heterocycles. The van der Waals surface area contributed by atoms with Gasteiger partial charge in [-0.15, -0.1) is 0 Å². The van der Waals surface area contributed by atoms with Crippen molar-refractivity contribution >= 4 is 15.9 Å². The number of aryl methyl sites for hydroxylation is 1. The summed E-state index contributed by atoms with van der Waals surface area (Å²) in [5, 5.41) is 0. The molecule has 1 aromatic heterocycles. The Morgan fingerprint density at radius 3 is 2.47 bits per heavy atom. The van der Waals surface area contributed by atoms with Crippen LogP contribution in [0.5, 0.6) is 5.75 Å². The van der Waals surface area contributed by atoms with Crippen molar-refractivity contribution in [1.82, 2.24) is 9.55 Å². The van der Waals surface area contributed by atoms with E-state index in [-0.39, 0.29) is 0 Å². The fourth-order valence-electron chi connectivity index (χ4n) is 2.02. The number of aromatic nitrogens is 2. The summed E-state index contributed by atoms with van der Waals surface area (Å²) in [7, 11) is 3.69. The fourth-order valence-corrected chi connectivity index (χ4v) is 2.58. The van der Waals surface area contributed by atoms with Gasteiger partial charge in [-0.2, -0.15) is 0 Å². The van der Waals surface area contributed by atoms with E-state index in [9.17, 15) is 0 Å². The Hall–Kier alpha value is -1.29. The predicted molar refractivity (Wildman–Crippen MR) is 81.7 cm³/mol. The Bertz CT molecular complexity index is 602. The largest absolute Gasteiger partial charge is 0.496 e. The zero-order valence-electron chi connectivity index (χ0n) is 12.0. The van der Waals surface area contributed by atoms with E-state index in [1.54, 1.807) is 7.11 Å². The first-order valence-corrected chi connectivity index (χ1v) is 7.12. The van der Waals surface area contributed by atoms with Gasteiger partial charge in [-0.3, -0.25) is 0 Å². The zero-order valence-corrected chi connectivity index (χ0v) is 13.6. The molecule has 0 saturated heterocycles. The number of hydrogen-bond acceptors (Lipinski definition) is 2. The van der Waals surface area contributed by atoms with E-state index in [0.717, 1.165) is 27.4 Å². The molecular weight excluding hydrogens is 304 g/mol. The summed E-state index contributed by atoms with van der Waals surface area (Å²) < 4.78 is 8.47. The van der Waals surface area contributed by atoms with E-state index >= 15 is 0 Å². The molecule has 0 atom stereocenters. The maximum atomic E-state index is 5.47. The SMILES string of the molecule is COc1ccc(C(C)C)cc1-c1nc(C)n(C)c1Br. The van der Waals surface area contributed by atoms with E-state index in [4.69, 9.17) is 4.74 Å². The molecule has 0 spiro atoms. The van der Waals surface area contributed by atoms with Crippen molar-refractivity contribution in [2.45, 2.75) is 26.7 Å².